The number of nitrogens with one attached hydrogen (secondary N) is 1. The van der Waals surface area contributed by atoms with Crippen LogP contribution in [0.25, 0.3) is 11.5 Å². The molecule has 0 saturated heterocycles. The summed E-state index contributed by atoms with van der Waals surface area (Å²) >= 11 is 0. The van der Waals surface area contributed by atoms with Crippen LogP contribution in [0.3, 0.4) is 0 Å². The van der Waals surface area contributed by atoms with Gasteiger partial charge < -0.3 is 15.2 Å². The minimum Gasteiger partial charge on any atom is -0.359 e. The maximum Gasteiger partial charge on any atom is 0.234 e. The molecule has 0 unspecified atom stereocenters. The smallest absolute Gasteiger partial charge is 0.234 e. The quantitative estimate of drug-likeness (QED) is 0.830. The van der Waals surface area contributed by atoms with Crippen LogP contribution in [0.1, 0.15) is 32.6 Å². The molecule has 3 N–H and O–H groups in total. The average Bonchev–Trinajstić information content (AvgIpc) is 3.03. The van der Waals surface area contributed by atoms with Gasteiger partial charge in [0.1, 0.15) is 0 Å². The van der Waals surface area contributed by atoms with Crippen molar-refractivity contribution < 1.29 is 4.52 Å². The Hall–Kier alpha value is -1.62. The van der Waals surface area contributed by atoms with E-state index in [0.29, 0.717) is 18.3 Å². The van der Waals surface area contributed by atoms with Crippen molar-refractivity contribution in [2.45, 2.75) is 32.1 Å². The van der Waals surface area contributed by atoms with Crippen molar-refractivity contribution in [2.75, 3.05) is 6.54 Å². The van der Waals surface area contributed by atoms with Gasteiger partial charge in [-0.15, -0.1) is 0 Å². The number of H-pyrrole nitrogens is 1. The van der Waals surface area contributed by atoms with E-state index in [-0.39, 0.29) is 5.41 Å². The highest BCUT2D eigenvalue weighted by Gasteiger charge is 2.33. The predicted molar refractivity (Wildman–Crippen MR) is 65.4 cm³/mol. The highest BCUT2D eigenvalue weighted by molar-refractivity contribution is 5.48. The zero-order valence-corrected chi connectivity index (χ0v) is 10.2. The molecule has 92 valence electrons. The first-order valence-corrected chi connectivity index (χ1v) is 5.93. The lowest BCUT2D eigenvalue weighted by Gasteiger charge is -2.24. The van der Waals surface area contributed by atoms with E-state index in [2.05, 4.69) is 29.0 Å². The Morgan fingerprint density at radius 2 is 2.18 bits per heavy atom. The van der Waals surface area contributed by atoms with Crippen LogP contribution in [0, 0.1) is 0 Å². The summed E-state index contributed by atoms with van der Waals surface area (Å²) in [6.45, 7) is 4.70. The van der Waals surface area contributed by atoms with Crippen molar-refractivity contribution >= 4 is 0 Å². The van der Waals surface area contributed by atoms with E-state index in [1.807, 2.05) is 18.3 Å². The summed E-state index contributed by atoms with van der Waals surface area (Å²) < 4.78 is 5.37. The zero-order chi connectivity index (χ0) is 12.3. The van der Waals surface area contributed by atoms with E-state index in [4.69, 9.17) is 10.3 Å². The van der Waals surface area contributed by atoms with Gasteiger partial charge in [0.2, 0.25) is 11.7 Å². The van der Waals surface area contributed by atoms with Crippen LogP contribution in [0.5, 0.6) is 0 Å². The number of hydrogen-bond acceptors (Lipinski definition) is 4. The van der Waals surface area contributed by atoms with Gasteiger partial charge in [0.05, 0.1) is 11.1 Å². The molecule has 2 aromatic heterocycles. The molecule has 5 nitrogen and oxygen atoms in total. The minimum atomic E-state index is -0.197. The molecular weight excluding hydrogens is 216 g/mol. The molecular formula is C12H18N4O. The third-order valence-electron chi connectivity index (χ3n) is 3.46. The molecule has 2 rings (SSSR count). The second-order valence-electron chi connectivity index (χ2n) is 4.20. The number of hydrogen-bond donors (Lipinski definition) is 2. The normalized spacial score (nSPS) is 11.9. The van der Waals surface area contributed by atoms with Gasteiger partial charge >= 0.3 is 0 Å². The lowest BCUT2D eigenvalue weighted by atomic mass is 9.82. The van der Waals surface area contributed by atoms with Gasteiger partial charge in [0.15, 0.2) is 0 Å². The molecule has 0 radical (unpaired) electrons. The van der Waals surface area contributed by atoms with Crippen molar-refractivity contribution in [3.05, 3.63) is 24.2 Å². The number of rotatable bonds is 5. The molecule has 2 heterocycles. The topological polar surface area (TPSA) is 80.7 Å². The van der Waals surface area contributed by atoms with E-state index < -0.39 is 0 Å². The fraction of sp³-hybridized carbons (Fsp3) is 0.500. The molecule has 0 aliphatic rings. The summed E-state index contributed by atoms with van der Waals surface area (Å²) in [5, 5.41) is 4.00. The van der Waals surface area contributed by atoms with Crippen molar-refractivity contribution in [1.82, 2.24) is 15.1 Å². The van der Waals surface area contributed by atoms with Crippen molar-refractivity contribution in [3.63, 3.8) is 0 Å². The Labute approximate surface area is 100 Å². The second kappa shape index (κ2) is 4.71. The number of aromatic amines is 1. The molecule has 0 fully saturated rings. The molecule has 0 aromatic carbocycles. The predicted octanol–water partition coefficient (Wildman–Crippen LogP) is 2.08. The molecule has 17 heavy (non-hydrogen) atoms. The minimum absolute atomic E-state index is 0.197. The van der Waals surface area contributed by atoms with Gasteiger partial charge in [-0.2, -0.15) is 4.98 Å². The maximum atomic E-state index is 5.85. The third-order valence-corrected chi connectivity index (χ3v) is 3.46. The maximum absolute atomic E-state index is 5.85. The lowest BCUT2D eigenvalue weighted by Crippen LogP contribution is -2.34. The third kappa shape index (κ3) is 1.98. The van der Waals surface area contributed by atoms with Gasteiger partial charge in [0, 0.05) is 12.7 Å². The summed E-state index contributed by atoms with van der Waals surface area (Å²) in [4.78, 5) is 7.50. The van der Waals surface area contributed by atoms with E-state index in [0.717, 1.165) is 18.5 Å². The molecule has 0 bridgehead atoms. The summed E-state index contributed by atoms with van der Waals surface area (Å²) in [5.41, 5.74) is 6.52. The van der Waals surface area contributed by atoms with Gasteiger partial charge in [-0.25, -0.2) is 0 Å². The summed E-state index contributed by atoms with van der Waals surface area (Å²) in [5.74, 6) is 1.22. The Morgan fingerprint density at radius 1 is 1.41 bits per heavy atom. The first kappa shape index (κ1) is 11.9. The molecule has 0 amide bonds. The van der Waals surface area contributed by atoms with Gasteiger partial charge in [-0.3, -0.25) is 0 Å². The first-order chi connectivity index (χ1) is 8.25. The van der Waals surface area contributed by atoms with Crippen LogP contribution in [0.4, 0.5) is 0 Å². The van der Waals surface area contributed by atoms with E-state index in [1.54, 1.807) is 0 Å². The fourth-order valence-electron chi connectivity index (χ4n) is 1.95. The Bertz CT molecular complexity index is 448. The van der Waals surface area contributed by atoms with Crippen LogP contribution >= 0.6 is 0 Å². The molecule has 0 saturated carbocycles. The van der Waals surface area contributed by atoms with E-state index in [9.17, 15) is 0 Å². The summed E-state index contributed by atoms with van der Waals surface area (Å²) in [6.07, 6.45) is 3.62. The van der Waals surface area contributed by atoms with Crippen LogP contribution in [-0.4, -0.2) is 21.7 Å². The lowest BCUT2D eigenvalue weighted by molar-refractivity contribution is 0.267. The Morgan fingerprint density at radius 3 is 2.71 bits per heavy atom. The number of nitrogens with two attached hydrogens (primary N) is 1. The highest BCUT2D eigenvalue weighted by atomic mass is 16.5. The van der Waals surface area contributed by atoms with E-state index in [1.165, 1.54) is 0 Å². The average molecular weight is 234 g/mol. The largest absolute Gasteiger partial charge is 0.359 e. The molecule has 0 atom stereocenters. The highest BCUT2D eigenvalue weighted by Crippen LogP contribution is 2.30. The molecule has 5 heteroatoms. The van der Waals surface area contributed by atoms with Gasteiger partial charge in [0.25, 0.3) is 0 Å². The number of nitrogens with zero attached hydrogens (tertiary/aromatic N) is 2. The fourth-order valence-corrected chi connectivity index (χ4v) is 1.95. The van der Waals surface area contributed by atoms with Crippen LogP contribution in [-0.2, 0) is 5.41 Å². The van der Waals surface area contributed by atoms with Gasteiger partial charge in [-0.05, 0) is 25.0 Å². The van der Waals surface area contributed by atoms with Gasteiger partial charge in [-0.1, -0.05) is 19.0 Å². The zero-order valence-electron chi connectivity index (χ0n) is 10.2. The summed E-state index contributed by atoms with van der Waals surface area (Å²) in [7, 11) is 0. The van der Waals surface area contributed by atoms with Crippen molar-refractivity contribution in [3.8, 4) is 11.5 Å². The first-order valence-electron chi connectivity index (χ1n) is 5.93. The monoisotopic (exact) mass is 234 g/mol. The SMILES string of the molecule is CCC(CC)(CN)c1nc(-c2ccc[nH]2)no1. The van der Waals surface area contributed by atoms with E-state index >= 15 is 0 Å². The molecule has 2 aromatic rings. The summed E-state index contributed by atoms with van der Waals surface area (Å²) in [6, 6.07) is 3.82. The van der Waals surface area contributed by atoms with Crippen LogP contribution in [0.2, 0.25) is 0 Å². The van der Waals surface area contributed by atoms with Crippen LogP contribution < -0.4 is 5.73 Å². The standard InChI is InChI=1S/C12H18N4O/c1-3-12(4-2,8-13)11-15-10(16-17-11)9-6-5-7-14-9/h5-7,14H,3-4,8,13H2,1-2H3. The van der Waals surface area contributed by atoms with Crippen molar-refractivity contribution in [2.24, 2.45) is 5.73 Å². The Balaban J connectivity index is 2.35. The molecule has 0 spiro atoms. The molecule has 0 aliphatic heterocycles. The van der Waals surface area contributed by atoms with Crippen LogP contribution in [0.15, 0.2) is 22.9 Å². The van der Waals surface area contributed by atoms with Crippen molar-refractivity contribution in [1.29, 1.82) is 0 Å². The molecule has 0 aliphatic carbocycles. The Kier molecular flexibility index (Phi) is 3.28. The number of aromatic nitrogens is 3. The second-order valence-corrected chi connectivity index (χ2v) is 4.20.